The molecule has 2 aromatic rings. The van der Waals surface area contributed by atoms with Crippen LogP contribution in [-0.4, -0.2) is 7.11 Å². The van der Waals surface area contributed by atoms with Gasteiger partial charge in [0.15, 0.2) is 0 Å². The highest BCUT2D eigenvalue weighted by atomic mass is 35.5. The number of benzene rings is 2. The van der Waals surface area contributed by atoms with Gasteiger partial charge in [-0.2, -0.15) is 0 Å². The Morgan fingerprint density at radius 2 is 2.00 bits per heavy atom. The van der Waals surface area contributed by atoms with Gasteiger partial charge in [-0.15, -0.1) is 12.4 Å². The Labute approximate surface area is 94.6 Å². The number of fused-ring (bicyclic) bond motifs is 1. The molecule has 80 valence electrons. The van der Waals surface area contributed by atoms with E-state index in [-0.39, 0.29) is 12.4 Å². The molecule has 3 nitrogen and oxygen atoms in total. The second-order valence-corrected chi connectivity index (χ2v) is 3.04. The van der Waals surface area contributed by atoms with Crippen molar-refractivity contribution in [3.63, 3.8) is 0 Å². The zero-order valence-corrected chi connectivity index (χ0v) is 9.17. The minimum Gasteiger partial charge on any atom is -0.496 e. The summed E-state index contributed by atoms with van der Waals surface area (Å²) >= 11 is 0. The summed E-state index contributed by atoms with van der Waals surface area (Å²) in [5.41, 5.74) is 3.51. The average Bonchev–Trinajstić information content (AvgIpc) is 2.27. The molecule has 0 spiro atoms. The monoisotopic (exact) mass is 224 g/mol. The SMILES string of the molecule is COc1cccc2cc(NN)ccc12.Cl. The van der Waals surface area contributed by atoms with Gasteiger partial charge in [0, 0.05) is 11.1 Å². The summed E-state index contributed by atoms with van der Waals surface area (Å²) < 4.78 is 5.25. The van der Waals surface area contributed by atoms with Crippen LogP contribution in [-0.2, 0) is 0 Å². The van der Waals surface area contributed by atoms with Crippen LogP contribution in [0.2, 0.25) is 0 Å². The summed E-state index contributed by atoms with van der Waals surface area (Å²) in [6, 6.07) is 11.8. The van der Waals surface area contributed by atoms with Gasteiger partial charge < -0.3 is 10.2 Å². The third kappa shape index (κ3) is 2.14. The maximum Gasteiger partial charge on any atom is 0.126 e. The first kappa shape index (κ1) is 11.6. The van der Waals surface area contributed by atoms with E-state index in [1.165, 1.54) is 0 Å². The standard InChI is InChI=1S/C11H12N2O.ClH/c1-14-11-4-2-3-8-7-9(13-12)5-6-10(8)11;/h2-7,13H,12H2,1H3;1H. The van der Waals surface area contributed by atoms with Crippen molar-refractivity contribution in [1.29, 1.82) is 0 Å². The number of hydrogen-bond acceptors (Lipinski definition) is 3. The number of nitrogen functional groups attached to an aromatic ring is 1. The minimum atomic E-state index is 0. The molecule has 0 amide bonds. The summed E-state index contributed by atoms with van der Waals surface area (Å²) in [5.74, 6) is 6.21. The largest absolute Gasteiger partial charge is 0.496 e. The van der Waals surface area contributed by atoms with Crippen molar-refractivity contribution in [1.82, 2.24) is 0 Å². The summed E-state index contributed by atoms with van der Waals surface area (Å²) in [5, 5.41) is 2.20. The molecule has 0 aromatic heterocycles. The van der Waals surface area contributed by atoms with Gasteiger partial charge in [-0.1, -0.05) is 12.1 Å². The first-order valence-corrected chi connectivity index (χ1v) is 4.38. The minimum absolute atomic E-state index is 0. The van der Waals surface area contributed by atoms with Gasteiger partial charge in [0.2, 0.25) is 0 Å². The molecule has 3 N–H and O–H groups in total. The van der Waals surface area contributed by atoms with Crippen LogP contribution < -0.4 is 16.0 Å². The average molecular weight is 225 g/mol. The Morgan fingerprint density at radius 3 is 2.67 bits per heavy atom. The van der Waals surface area contributed by atoms with Crippen molar-refractivity contribution in [3.8, 4) is 5.75 Å². The Hall–Kier alpha value is -1.45. The molecule has 0 aliphatic rings. The fraction of sp³-hybridized carbons (Fsp3) is 0.0909. The van der Waals surface area contributed by atoms with Crippen molar-refractivity contribution < 1.29 is 4.74 Å². The van der Waals surface area contributed by atoms with Crippen molar-refractivity contribution in [2.45, 2.75) is 0 Å². The number of nitrogens with two attached hydrogens (primary N) is 1. The van der Waals surface area contributed by atoms with E-state index in [0.717, 1.165) is 22.2 Å². The number of hydrazine groups is 1. The quantitative estimate of drug-likeness (QED) is 0.609. The smallest absolute Gasteiger partial charge is 0.126 e. The molecule has 0 saturated heterocycles. The van der Waals surface area contributed by atoms with E-state index < -0.39 is 0 Å². The highest BCUT2D eigenvalue weighted by Crippen LogP contribution is 2.27. The van der Waals surface area contributed by atoms with E-state index >= 15 is 0 Å². The molecule has 15 heavy (non-hydrogen) atoms. The fourth-order valence-electron chi connectivity index (χ4n) is 1.52. The summed E-state index contributed by atoms with van der Waals surface area (Å²) in [7, 11) is 1.67. The predicted octanol–water partition coefficient (Wildman–Crippen LogP) is 2.56. The van der Waals surface area contributed by atoms with Gasteiger partial charge >= 0.3 is 0 Å². The van der Waals surface area contributed by atoms with Crippen LogP contribution in [0.5, 0.6) is 5.75 Å². The van der Waals surface area contributed by atoms with Gasteiger partial charge in [-0.3, -0.25) is 5.84 Å². The molecule has 0 heterocycles. The Balaban J connectivity index is 0.00000112. The molecular weight excluding hydrogens is 212 g/mol. The normalized spacial score (nSPS) is 9.47. The van der Waals surface area contributed by atoms with Crippen LogP contribution in [0.25, 0.3) is 10.8 Å². The Kier molecular flexibility index (Phi) is 3.77. The van der Waals surface area contributed by atoms with Crippen LogP contribution in [0, 0.1) is 0 Å². The lowest BCUT2D eigenvalue weighted by Crippen LogP contribution is -2.06. The number of methoxy groups -OCH3 is 1. The Morgan fingerprint density at radius 1 is 1.20 bits per heavy atom. The second-order valence-electron chi connectivity index (χ2n) is 3.04. The number of hydrogen-bond donors (Lipinski definition) is 2. The van der Waals surface area contributed by atoms with Gasteiger partial charge in [0.1, 0.15) is 5.75 Å². The zero-order chi connectivity index (χ0) is 9.97. The molecule has 2 rings (SSSR count). The van der Waals surface area contributed by atoms with Gasteiger partial charge in [-0.05, 0) is 29.7 Å². The molecule has 0 aliphatic carbocycles. The van der Waals surface area contributed by atoms with Crippen LogP contribution in [0.3, 0.4) is 0 Å². The molecule has 0 aliphatic heterocycles. The van der Waals surface area contributed by atoms with E-state index in [2.05, 4.69) is 5.43 Å². The van der Waals surface area contributed by atoms with E-state index in [9.17, 15) is 0 Å². The second kappa shape index (κ2) is 4.87. The predicted molar refractivity (Wildman–Crippen MR) is 65.6 cm³/mol. The highest BCUT2D eigenvalue weighted by molar-refractivity contribution is 5.90. The molecular formula is C11H13ClN2O. The number of anilines is 1. The zero-order valence-electron chi connectivity index (χ0n) is 8.36. The maximum atomic E-state index is 5.33. The van der Waals surface area contributed by atoms with E-state index in [1.807, 2.05) is 36.4 Å². The molecule has 0 bridgehead atoms. The molecule has 0 atom stereocenters. The van der Waals surface area contributed by atoms with E-state index in [0.29, 0.717) is 0 Å². The maximum absolute atomic E-state index is 5.33. The lowest BCUT2D eigenvalue weighted by molar-refractivity contribution is 0.420. The van der Waals surface area contributed by atoms with E-state index in [1.54, 1.807) is 7.11 Å². The third-order valence-electron chi connectivity index (χ3n) is 2.23. The lowest BCUT2D eigenvalue weighted by atomic mass is 10.1. The lowest BCUT2D eigenvalue weighted by Gasteiger charge is -2.06. The molecule has 0 radical (unpaired) electrons. The van der Waals surface area contributed by atoms with Crippen LogP contribution in [0.4, 0.5) is 5.69 Å². The first-order chi connectivity index (χ1) is 6.85. The fourth-order valence-corrected chi connectivity index (χ4v) is 1.52. The summed E-state index contributed by atoms with van der Waals surface area (Å²) in [6.45, 7) is 0. The van der Waals surface area contributed by atoms with Crippen molar-refractivity contribution in [2.24, 2.45) is 5.84 Å². The van der Waals surface area contributed by atoms with Gasteiger partial charge in [0.05, 0.1) is 7.11 Å². The Bertz CT molecular complexity index is 459. The van der Waals surface area contributed by atoms with Gasteiger partial charge in [0.25, 0.3) is 0 Å². The van der Waals surface area contributed by atoms with Gasteiger partial charge in [-0.25, -0.2) is 0 Å². The van der Waals surface area contributed by atoms with E-state index in [4.69, 9.17) is 10.6 Å². The number of halogens is 1. The molecule has 4 heteroatoms. The summed E-state index contributed by atoms with van der Waals surface area (Å²) in [4.78, 5) is 0. The molecule has 0 unspecified atom stereocenters. The number of rotatable bonds is 2. The molecule has 2 aromatic carbocycles. The highest BCUT2D eigenvalue weighted by Gasteiger charge is 2.00. The van der Waals surface area contributed by atoms with Crippen LogP contribution >= 0.6 is 12.4 Å². The first-order valence-electron chi connectivity index (χ1n) is 4.38. The van der Waals surface area contributed by atoms with Crippen LogP contribution in [0.1, 0.15) is 0 Å². The third-order valence-corrected chi connectivity index (χ3v) is 2.23. The summed E-state index contributed by atoms with van der Waals surface area (Å²) in [6.07, 6.45) is 0. The van der Waals surface area contributed by atoms with Crippen molar-refractivity contribution in [2.75, 3.05) is 12.5 Å². The van der Waals surface area contributed by atoms with Crippen LogP contribution in [0.15, 0.2) is 36.4 Å². The topological polar surface area (TPSA) is 47.3 Å². The van der Waals surface area contributed by atoms with Crippen molar-refractivity contribution >= 4 is 28.9 Å². The number of nitrogens with one attached hydrogen (secondary N) is 1. The number of ether oxygens (including phenoxy) is 1. The van der Waals surface area contributed by atoms with Crippen molar-refractivity contribution in [3.05, 3.63) is 36.4 Å². The molecule has 0 fully saturated rings. The molecule has 0 saturated carbocycles.